The lowest BCUT2D eigenvalue weighted by Crippen LogP contribution is -2.43. The molecule has 0 aliphatic heterocycles. The van der Waals surface area contributed by atoms with Crippen LogP contribution >= 0.6 is 0 Å². The van der Waals surface area contributed by atoms with E-state index < -0.39 is 5.54 Å². The minimum Gasteiger partial charge on any atom is -0.348 e. The molecular formula is C16H22N4O2. The number of carbonyl (C=O) groups excluding carboxylic acids is 2. The fraction of sp³-hybridized carbons (Fsp3) is 0.500. The van der Waals surface area contributed by atoms with Crippen LogP contribution in [0.3, 0.4) is 0 Å². The third kappa shape index (κ3) is 3.57. The predicted molar refractivity (Wildman–Crippen MR) is 84.3 cm³/mol. The van der Waals surface area contributed by atoms with E-state index in [0.29, 0.717) is 6.04 Å². The molecule has 6 heteroatoms. The van der Waals surface area contributed by atoms with E-state index in [4.69, 9.17) is 5.73 Å². The van der Waals surface area contributed by atoms with Gasteiger partial charge in [0.25, 0.3) is 0 Å². The molecule has 22 heavy (non-hydrogen) atoms. The number of carbonyl (C=O) groups is 2. The minimum absolute atomic E-state index is 0.0917. The van der Waals surface area contributed by atoms with Crippen molar-refractivity contribution >= 4 is 17.6 Å². The molecule has 1 atom stereocenters. The van der Waals surface area contributed by atoms with Gasteiger partial charge in [-0.2, -0.15) is 0 Å². The van der Waals surface area contributed by atoms with Gasteiger partial charge in [-0.3, -0.25) is 4.79 Å². The molecule has 0 radical (unpaired) electrons. The van der Waals surface area contributed by atoms with Crippen LogP contribution in [0.5, 0.6) is 0 Å². The number of nitrogens with two attached hydrogens (primary N) is 1. The van der Waals surface area contributed by atoms with Crippen LogP contribution < -0.4 is 21.7 Å². The van der Waals surface area contributed by atoms with Gasteiger partial charge in [-0.25, -0.2) is 4.79 Å². The van der Waals surface area contributed by atoms with Crippen LogP contribution in [0.25, 0.3) is 0 Å². The van der Waals surface area contributed by atoms with Crippen molar-refractivity contribution < 1.29 is 9.59 Å². The van der Waals surface area contributed by atoms with Crippen LogP contribution in [0.2, 0.25) is 0 Å². The highest BCUT2D eigenvalue weighted by molar-refractivity contribution is 5.90. The second-order valence-corrected chi connectivity index (χ2v) is 6.35. The van der Waals surface area contributed by atoms with Gasteiger partial charge in [0, 0.05) is 11.7 Å². The number of rotatable bonds is 5. The molecule has 6 nitrogen and oxygen atoms in total. The van der Waals surface area contributed by atoms with Crippen LogP contribution in [0.4, 0.5) is 10.5 Å². The van der Waals surface area contributed by atoms with E-state index in [2.05, 4.69) is 16.0 Å². The maximum atomic E-state index is 11.9. The standard InChI is InChI=1S/C16H22N4O2/c1-10(18-14(21)16(17)8-9-16)11-2-4-12(5-3-11)19-15(22)20-13-6-7-13/h2-5,10,13H,6-9,17H2,1H3,(H,18,21)(H2,19,20,22). The summed E-state index contributed by atoms with van der Waals surface area (Å²) in [6.45, 7) is 1.92. The molecule has 0 spiro atoms. The number of amides is 3. The zero-order valence-corrected chi connectivity index (χ0v) is 12.7. The smallest absolute Gasteiger partial charge is 0.319 e. The van der Waals surface area contributed by atoms with E-state index in [0.717, 1.165) is 36.9 Å². The second-order valence-electron chi connectivity index (χ2n) is 6.35. The van der Waals surface area contributed by atoms with Gasteiger partial charge in [0.05, 0.1) is 11.6 Å². The third-order valence-electron chi connectivity index (χ3n) is 4.17. The maximum Gasteiger partial charge on any atom is 0.319 e. The molecule has 2 fully saturated rings. The molecule has 5 N–H and O–H groups in total. The molecule has 2 aliphatic carbocycles. The first kappa shape index (κ1) is 14.8. The summed E-state index contributed by atoms with van der Waals surface area (Å²) < 4.78 is 0. The van der Waals surface area contributed by atoms with Crippen LogP contribution in [-0.2, 0) is 4.79 Å². The van der Waals surface area contributed by atoms with E-state index in [9.17, 15) is 9.59 Å². The number of benzene rings is 1. The highest BCUT2D eigenvalue weighted by atomic mass is 16.2. The lowest BCUT2D eigenvalue weighted by molar-refractivity contribution is -0.123. The molecule has 1 aromatic carbocycles. The first-order valence-corrected chi connectivity index (χ1v) is 7.74. The molecule has 2 aliphatic rings. The summed E-state index contributed by atoms with van der Waals surface area (Å²) in [4.78, 5) is 23.6. The Kier molecular flexibility index (Phi) is 3.78. The Morgan fingerprint density at radius 1 is 1.23 bits per heavy atom. The van der Waals surface area contributed by atoms with Gasteiger partial charge in [-0.1, -0.05) is 12.1 Å². The Labute approximate surface area is 129 Å². The van der Waals surface area contributed by atoms with Crippen molar-refractivity contribution in [3.8, 4) is 0 Å². The molecule has 0 aromatic heterocycles. The van der Waals surface area contributed by atoms with Gasteiger partial charge in [0.2, 0.25) is 5.91 Å². The zero-order chi connectivity index (χ0) is 15.7. The van der Waals surface area contributed by atoms with E-state index >= 15 is 0 Å². The maximum absolute atomic E-state index is 11.9. The van der Waals surface area contributed by atoms with Gasteiger partial charge in [-0.15, -0.1) is 0 Å². The average Bonchev–Trinajstić information content (AvgIpc) is 3.38. The van der Waals surface area contributed by atoms with Crippen LogP contribution in [0, 0.1) is 0 Å². The Morgan fingerprint density at radius 3 is 2.41 bits per heavy atom. The predicted octanol–water partition coefficient (Wildman–Crippen LogP) is 1.64. The van der Waals surface area contributed by atoms with E-state index in [1.54, 1.807) is 0 Å². The van der Waals surface area contributed by atoms with Gasteiger partial charge < -0.3 is 21.7 Å². The lowest BCUT2D eigenvalue weighted by atomic mass is 10.1. The van der Waals surface area contributed by atoms with Crippen molar-refractivity contribution in [2.45, 2.75) is 50.2 Å². The highest BCUT2D eigenvalue weighted by Crippen LogP contribution is 2.33. The summed E-state index contributed by atoms with van der Waals surface area (Å²) in [7, 11) is 0. The second kappa shape index (κ2) is 5.61. The molecule has 118 valence electrons. The number of nitrogens with one attached hydrogen (secondary N) is 3. The summed E-state index contributed by atoms with van der Waals surface area (Å²) in [5.41, 5.74) is 6.93. The van der Waals surface area contributed by atoms with Gasteiger partial charge >= 0.3 is 6.03 Å². The van der Waals surface area contributed by atoms with Crippen molar-refractivity contribution in [2.75, 3.05) is 5.32 Å². The van der Waals surface area contributed by atoms with Crippen LogP contribution in [0.15, 0.2) is 24.3 Å². The van der Waals surface area contributed by atoms with Gasteiger partial charge in [-0.05, 0) is 50.3 Å². The SMILES string of the molecule is CC(NC(=O)C1(N)CC1)c1ccc(NC(=O)NC2CC2)cc1. The summed E-state index contributed by atoms with van der Waals surface area (Å²) in [5.74, 6) is -0.0917. The molecule has 0 heterocycles. The molecule has 2 saturated carbocycles. The fourth-order valence-electron chi connectivity index (χ4n) is 2.22. The molecule has 1 unspecified atom stereocenters. The molecule has 3 rings (SSSR count). The van der Waals surface area contributed by atoms with Crippen molar-refractivity contribution in [3.05, 3.63) is 29.8 Å². The fourth-order valence-corrected chi connectivity index (χ4v) is 2.22. The number of hydrogen-bond donors (Lipinski definition) is 4. The number of urea groups is 1. The lowest BCUT2D eigenvalue weighted by Gasteiger charge is -2.17. The largest absolute Gasteiger partial charge is 0.348 e. The van der Waals surface area contributed by atoms with E-state index in [1.807, 2.05) is 31.2 Å². The summed E-state index contributed by atoms with van der Waals surface area (Å²) in [6, 6.07) is 7.51. The quantitative estimate of drug-likeness (QED) is 0.665. The van der Waals surface area contributed by atoms with Crippen LogP contribution in [0.1, 0.15) is 44.2 Å². The zero-order valence-electron chi connectivity index (χ0n) is 12.7. The molecule has 3 amide bonds. The summed E-state index contributed by atoms with van der Waals surface area (Å²) in [5, 5.41) is 8.60. The van der Waals surface area contributed by atoms with E-state index in [1.165, 1.54) is 0 Å². The Hall–Kier alpha value is -2.08. The molecule has 0 bridgehead atoms. The topological polar surface area (TPSA) is 96.2 Å². The third-order valence-corrected chi connectivity index (χ3v) is 4.17. The Bertz CT molecular complexity index is 576. The van der Waals surface area contributed by atoms with Crippen molar-refractivity contribution in [2.24, 2.45) is 5.73 Å². The van der Waals surface area contributed by atoms with Crippen molar-refractivity contribution in [1.82, 2.24) is 10.6 Å². The highest BCUT2D eigenvalue weighted by Gasteiger charge is 2.46. The number of anilines is 1. The normalized spacial score (nSPS) is 19.9. The van der Waals surface area contributed by atoms with Crippen molar-refractivity contribution in [3.63, 3.8) is 0 Å². The Morgan fingerprint density at radius 2 is 1.86 bits per heavy atom. The monoisotopic (exact) mass is 302 g/mol. The van der Waals surface area contributed by atoms with E-state index in [-0.39, 0.29) is 18.0 Å². The van der Waals surface area contributed by atoms with Crippen molar-refractivity contribution in [1.29, 1.82) is 0 Å². The summed E-state index contributed by atoms with van der Waals surface area (Å²) >= 11 is 0. The average molecular weight is 302 g/mol. The van der Waals surface area contributed by atoms with Gasteiger partial charge in [0.1, 0.15) is 0 Å². The number of hydrogen-bond acceptors (Lipinski definition) is 3. The van der Waals surface area contributed by atoms with Gasteiger partial charge in [0.15, 0.2) is 0 Å². The summed E-state index contributed by atoms with van der Waals surface area (Å²) in [6.07, 6.45) is 3.63. The molecular weight excluding hydrogens is 280 g/mol. The molecule has 0 saturated heterocycles. The Balaban J connectivity index is 1.53. The first-order chi connectivity index (χ1) is 10.5. The first-order valence-electron chi connectivity index (χ1n) is 7.74. The minimum atomic E-state index is -0.656. The van der Waals surface area contributed by atoms with Crippen LogP contribution in [-0.4, -0.2) is 23.5 Å². The molecule has 1 aromatic rings.